The van der Waals surface area contributed by atoms with E-state index in [1.54, 1.807) is 17.9 Å². The summed E-state index contributed by atoms with van der Waals surface area (Å²) < 4.78 is 13.4. The highest BCUT2D eigenvalue weighted by atomic mass is 16.5. The van der Waals surface area contributed by atoms with Crippen LogP contribution in [0.1, 0.15) is 18.5 Å². The van der Waals surface area contributed by atoms with Gasteiger partial charge in [-0.2, -0.15) is 5.10 Å². The molecule has 8 heteroatoms. The van der Waals surface area contributed by atoms with Gasteiger partial charge >= 0.3 is 0 Å². The maximum atomic E-state index is 10.5. The molecule has 5 rings (SSSR count). The van der Waals surface area contributed by atoms with Crippen LogP contribution in [0, 0.1) is 12.8 Å². The first kappa shape index (κ1) is 19.0. The molecule has 1 aliphatic heterocycles. The Morgan fingerprint density at radius 2 is 2.03 bits per heavy atom. The molecule has 2 aromatic heterocycles. The van der Waals surface area contributed by atoms with Crippen LogP contribution in [0.4, 0.5) is 0 Å². The summed E-state index contributed by atoms with van der Waals surface area (Å²) in [7, 11) is 1.78. The zero-order chi connectivity index (χ0) is 20.7. The molecule has 1 saturated heterocycles. The van der Waals surface area contributed by atoms with E-state index in [-0.39, 0.29) is 18.0 Å². The van der Waals surface area contributed by atoms with Gasteiger partial charge in [0.1, 0.15) is 11.9 Å². The Hall–Kier alpha value is -2.97. The zero-order valence-corrected chi connectivity index (χ0v) is 17.0. The lowest BCUT2D eigenvalue weighted by molar-refractivity contribution is 0.0000310. The highest BCUT2D eigenvalue weighted by Crippen LogP contribution is 2.34. The summed E-state index contributed by atoms with van der Waals surface area (Å²) in [6.07, 6.45) is 4.08. The largest absolute Gasteiger partial charge is 0.507 e. The van der Waals surface area contributed by atoms with Gasteiger partial charge in [0.15, 0.2) is 0 Å². The minimum absolute atomic E-state index is 0.103. The Bertz CT molecular complexity index is 1020. The molecule has 1 aromatic carbocycles. The van der Waals surface area contributed by atoms with Gasteiger partial charge < -0.3 is 19.9 Å². The quantitative estimate of drug-likeness (QED) is 0.671. The number of benzene rings is 1. The van der Waals surface area contributed by atoms with Crippen LogP contribution in [-0.4, -0.2) is 57.0 Å². The Morgan fingerprint density at radius 3 is 2.70 bits per heavy atom. The summed E-state index contributed by atoms with van der Waals surface area (Å²) in [5, 5.41) is 26.9. The molecule has 1 aliphatic carbocycles. The van der Waals surface area contributed by atoms with Gasteiger partial charge in [0, 0.05) is 55.9 Å². The fourth-order valence-electron chi connectivity index (χ4n) is 4.60. The Kier molecular flexibility index (Phi) is 4.88. The number of ether oxygens (including phenoxy) is 2. The van der Waals surface area contributed by atoms with Gasteiger partial charge in [0.2, 0.25) is 5.88 Å². The number of hydrogen-bond donors (Lipinski definition) is 2. The van der Waals surface area contributed by atoms with E-state index in [1.807, 2.05) is 43.5 Å². The van der Waals surface area contributed by atoms with Crippen LogP contribution >= 0.6 is 0 Å². The molecule has 2 fully saturated rings. The number of nitrogens with one attached hydrogen (secondary N) is 1. The first-order chi connectivity index (χ1) is 14.6. The van der Waals surface area contributed by atoms with E-state index in [9.17, 15) is 5.11 Å². The lowest BCUT2D eigenvalue weighted by atomic mass is 9.85. The summed E-state index contributed by atoms with van der Waals surface area (Å²) >= 11 is 0. The van der Waals surface area contributed by atoms with Crippen molar-refractivity contribution in [3.8, 4) is 28.6 Å². The lowest BCUT2D eigenvalue weighted by Gasteiger charge is -2.33. The van der Waals surface area contributed by atoms with Crippen LogP contribution in [0.3, 0.4) is 0 Å². The Morgan fingerprint density at radius 1 is 1.13 bits per heavy atom. The van der Waals surface area contributed by atoms with Crippen LogP contribution in [0.2, 0.25) is 0 Å². The Labute approximate surface area is 174 Å². The second-order valence-corrected chi connectivity index (χ2v) is 8.05. The Balaban J connectivity index is 1.28. The van der Waals surface area contributed by atoms with Crippen LogP contribution in [-0.2, 0) is 4.74 Å². The molecule has 0 spiro atoms. The molecule has 2 bridgehead atoms. The van der Waals surface area contributed by atoms with Crippen molar-refractivity contribution >= 4 is 0 Å². The number of phenolic OH excluding ortho intramolecular Hbond substituents is 1. The van der Waals surface area contributed by atoms with E-state index in [1.165, 1.54) is 0 Å². The van der Waals surface area contributed by atoms with Crippen molar-refractivity contribution < 1.29 is 14.6 Å². The summed E-state index contributed by atoms with van der Waals surface area (Å²) in [6.45, 7) is 2.90. The third-order valence-corrected chi connectivity index (χ3v) is 6.03. The number of rotatable bonds is 5. The van der Waals surface area contributed by atoms with Gasteiger partial charge in [0.25, 0.3) is 0 Å². The van der Waals surface area contributed by atoms with Crippen LogP contribution < -0.4 is 10.1 Å². The molecule has 3 heterocycles. The van der Waals surface area contributed by atoms with Crippen LogP contribution in [0.5, 0.6) is 11.6 Å². The fourth-order valence-corrected chi connectivity index (χ4v) is 4.60. The number of aryl methyl sites for hydroxylation is 1. The summed E-state index contributed by atoms with van der Waals surface area (Å²) in [5.41, 5.74) is 2.91. The molecule has 8 nitrogen and oxygen atoms in total. The predicted octanol–water partition coefficient (Wildman–Crippen LogP) is 2.49. The third-order valence-electron chi connectivity index (χ3n) is 6.03. The molecule has 2 N–H and O–H groups in total. The summed E-state index contributed by atoms with van der Waals surface area (Å²) in [5.74, 6) is 1.10. The molecule has 156 valence electrons. The molecule has 2 aliphatic rings. The SMILES string of the molecule is COC1C2CNC1CC(Oc1ccc(-c3ccc(-n4ccc(C)n4)cc3O)nn1)C2. The number of aromatic hydroxyl groups is 1. The van der Waals surface area contributed by atoms with Crippen LogP contribution in [0.25, 0.3) is 16.9 Å². The maximum Gasteiger partial charge on any atom is 0.233 e. The highest BCUT2D eigenvalue weighted by Gasteiger charge is 2.43. The average molecular weight is 407 g/mol. The number of hydrogen-bond acceptors (Lipinski definition) is 7. The first-order valence-electron chi connectivity index (χ1n) is 10.2. The highest BCUT2D eigenvalue weighted by molar-refractivity contribution is 5.68. The fraction of sp³-hybridized carbons (Fsp3) is 0.409. The van der Waals surface area contributed by atoms with E-state index in [0.29, 0.717) is 29.1 Å². The number of nitrogens with zero attached hydrogens (tertiary/aromatic N) is 4. The van der Waals surface area contributed by atoms with E-state index < -0.39 is 0 Å². The normalized spacial score (nSPS) is 25.4. The van der Waals surface area contributed by atoms with Gasteiger partial charge in [-0.05, 0) is 37.6 Å². The standard InChI is InChI=1S/C22H25N5O3/c1-13-7-8-27(26-13)15-3-4-17(20(28)10-15)18-5-6-21(25-24-18)30-16-9-14-12-23-19(11-16)22(14)29-2/h3-8,10,14,16,19,22-23,28H,9,11-12H2,1-2H3. The lowest BCUT2D eigenvalue weighted by Crippen LogP contribution is -2.43. The van der Waals surface area contributed by atoms with E-state index in [2.05, 4.69) is 20.6 Å². The second kappa shape index (κ2) is 7.70. The average Bonchev–Trinajstić information content (AvgIpc) is 3.29. The van der Waals surface area contributed by atoms with Gasteiger partial charge in [-0.1, -0.05) is 0 Å². The molecule has 0 amide bonds. The molecule has 1 saturated carbocycles. The number of methoxy groups -OCH3 is 1. The maximum absolute atomic E-state index is 10.5. The molecule has 30 heavy (non-hydrogen) atoms. The molecule has 4 unspecified atom stereocenters. The molecular formula is C22H25N5O3. The minimum Gasteiger partial charge on any atom is -0.507 e. The number of fused-ring (bicyclic) bond motifs is 2. The van der Waals surface area contributed by atoms with Crippen molar-refractivity contribution in [2.45, 2.75) is 38.0 Å². The summed E-state index contributed by atoms with van der Waals surface area (Å²) in [4.78, 5) is 0. The molecular weight excluding hydrogens is 382 g/mol. The van der Waals surface area contributed by atoms with Crippen molar-refractivity contribution in [1.29, 1.82) is 0 Å². The number of aromatic nitrogens is 4. The van der Waals surface area contributed by atoms with Crippen LogP contribution in [0.15, 0.2) is 42.6 Å². The van der Waals surface area contributed by atoms with Gasteiger partial charge in [0.05, 0.1) is 23.2 Å². The number of phenols is 1. The second-order valence-electron chi connectivity index (χ2n) is 8.05. The molecule has 0 radical (unpaired) electrons. The van der Waals surface area contributed by atoms with Crippen molar-refractivity contribution in [3.05, 3.63) is 48.3 Å². The third kappa shape index (κ3) is 3.53. The van der Waals surface area contributed by atoms with Crippen molar-refractivity contribution in [2.75, 3.05) is 13.7 Å². The van der Waals surface area contributed by atoms with Crippen molar-refractivity contribution in [2.24, 2.45) is 5.92 Å². The molecule has 3 aromatic rings. The van der Waals surface area contributed by atoms with Gasteiger partial charge in [-0.3, -0.25) is 0 Å². The first-order valence-corrected chi connectivity index (χ1v) is 10.2. The summed E-state index contributed by atoms with van der Waals surface area (Å²) in [6, 6.07) is 11.3. The van der Waals surface area contributed by atoms with Gasteiger partial charge in [-0.15, -0.1) is 10.2 Å². The zero-order valence-electron chi connectivity index (χ0n) is 17.0. The van der Waals surface area contributed by atoms with E-state index in [4.69, 9.17) is 9.47 Å². The molecule has 4 atom stereocenters. The van der Waals surface area contributed by atoms with E-state index in [0.717, 1.165) is 30.8 Å². The van der Waals surface area contributed by atoms with Gasteiger partial charge in [-0.25, -0.2) is 4.68 Å². The monoisotopic (exact) mass is 407 g/mol. The minimum atomic E-state index is 0.103. The van der Waals surface area contributed by atoms with E-state index >= 15 is 0 Å². The smallest absolute Gasteiger partial charge is 0.233 e. The topological polar surface area (TPSA) is 94.3 Å². The van der Waals surface area contributed by atoms with Crippen molar-refractivity contribution in [1.82, 2.24) is 25.3 Å². The van der Waals surface area contributed by atoms with Crippen molar-refractivity contribution in [3.63, 3.8) is 0 Å². The predicted molar refractivity (Wildman–Crippen MR) is 111 cm³/mol.